The zero-order valence-corrected chi connectivity index (χ0v) is 21.2. The number of piperidine rings is 1. The molecule has 2 aliphatic rings. The van der Waals surface area contributed by atoms with Crippen LogP contribution in [-0.2, 0) is 11.2 Å². The summed E-state index contributed by atoms with van der Waals surface area (Å²) < 4.78 is 5.48. The number of ether oxygens (including phenoxy) is 1. The first kappa shape index (κ1) is 24.6. The van der Waals surface area contributed by atoms with Crippen LogP contribution in [-0.4, -0.2) is 76.1 Å². The largest absolute Gasteiger partial charge is 0.384 e. The fraction of sp³-hybridized carbons (Fsp3) is 0.407. The van der Waals surface area contributed by atoms with Crippen LogP contribution in [0.1, 0.15) is 35.8 Å². The van der Waals surface area contributed by atoms with Gasteiger partial charge in [-0.3, -0.25) is 9.69 Å². The first-order valence-electron chi connectivity index (χ1n) is 12.5. The molecule has 0 saturated carbocycles. The maximum atomic E-state index is 13.3. The molecular weight excluding hydrogens is 476 g/mol. The lowest BCUT2D eigenvalue weighted by atomic mass is 9.96. The van der Waals surface area contributed by atoms with Crippen LogP contribution < -0.4 is 5.73 Å². The van der Waals surface area contributed by atoms with Crippen molar-refractivity contribution in [3.63, 3.8) is 0 Å². The lowest BCUT2D eigenvalue weighted by molar-refractivity contribution is 0.00159. The van der Waals surface area contributed by atoms with Gasteiger partial charge >= 0.3 is 0 Å². The molecular formula is C27H31ClN6O2. The molecule has 36 heavy (non-hydrogen) atoms. The molecule has 2 saturated heterocycles. The number of aromatic nitrogens is 3. The van der Waals surface area contributed by atoms with E-state index in [4.69, 9.17) is 22.1 Å². The Bertz CT molecular complexity index is 1220. The molecule has 188 valence electrons. The van der Waals surface area contributed by atoms with Gasteiger partial charge in [0.25, 0.3) is 5.91 Å². The van der Waals surface area contributed by atoms with Crippen molar-refractivity contribution < 1.29 is 9.53 Å². The van der Waals surface area contributed by atoms with Crippen LogP contribution in [0, 0.1) is 0 Å². The molecule has 0 unspecified atom stereocenters. The molecule has 1 amide bonds. The van der Waals surface area contributed by atoms with Gasteiger partial charge in [0, 0.05) is 55.1 Å². The second-order valence-corrected chi connectivity index (χ2v) is 9.64. The first-order chi connectivity index (χ1) is 17.5. The molecule has 0 aliphatic carbocycles. The summed E-state index contributed by atoms with van der Waals surface area (Å²) in [4.78, 5) is 31.0. The van der Waals surface area contributed by atoms with Crippen molar-refractivity contribution in [2.75, 3.05) is 45.1 Å². The van der Waals surface area contributed by atoms with Crippen LogP contribution in [0.15, 0.2) is 42.9 Å². The van der Waals surface area contributed by atoms with E-state index in [0.29, 0.717) is 22.4 Å². The van der Waals surface area contributed by atoms with E-state index in [0.717, 1.165) is 86.7 Å². The molecule has 5 rings (SSSR count). The first-order valence-corrected chi connectivity index (χ1v) is 12.9. The molecule has 2 fully saturated rings. The standard InChI is InChI=1S/C27H31ClN6O2/c1-2-23-25(19-4-6-24(29)30-16-19)26(32-17-31-23)18-3-5-21(22(28)15-18)27(35)34-9-7-20(8-10-34)33-11-13-36-14-12-33/h3-6,15-17,20H,2,7-14H2,1H3,(H2,29,30). The minimum atomic E-state index is -0.0214. The maximum absolute atomic E-state index is 13.3. The summed E-state index contributed by atoms with van der Waals surface area (Å²) in [6, 6.07) is 9.75. The van der Waals surface area contributed by atoms with E-state index >= 15 is 0 Å². The number of benzene rings is 1. The molecule has 9 heteroatoms. The van der Waals surface area contributed by atoms with Crippen LogP contribution in [0.2, 0.25) is 5.02 Å². The molecule has 0 spiro atoms. The Morgan fingerprint density at radius 1 is 1.06 bits per heavy atom. The number of anilines is 1. The number of carbonyl (C=O) groups excluding carboxylic acids is 1. The molecule has 0 atom stereocenters. The summed E-state index contributed by atoms with van der Waals surface area (Å²) in [5, 5.41) is 0.422. The summed E-state index contributed by atoms with van der Waals surface area (Å²) in [7, 11) is 0. The van der Waals surface area contributed by atoms with E-state index < -0.39 is 0 Å². The summed E-state index contributed by atoms with van der Waals surface area (Å²) in [6.07, 6.45) is 5.98. The highest BCUT2D eigenvalue weighted by Crippen LogP contribution is 2.35. The lowest BCUT2D eigenvalue weighted by Gasteiger charge is -2.40. The van der Waals surface area contributed by atoms with E-state index in [1.807, 2.05) is 29.2 Å². The number of carbonyl (C=O) groups is 1. The van der Waals surface area contributed by atoms with Crippen LogP contribution in [0.4, 0.5) is 5.82 Å². The van der Waals surface area contributed by atoms with Crippen molar-refractivity contribution in [2.45, 2.75) is 32.2 Å². The molecule has 0 bridgehead atoms. The molecule has 2 aromatic heterocycles. The number of hydrogen-bond donors (Lipinski definition) is 1. The van der Waals surface area contributed by atoms with Crippen LogP contribution in [0.3, 0.4) is 0 Å². The molecule has 0 radical (unpaired) electrons. The fourth-order valence-electron chi connectivity index (χ4n) is 5.15. The average molecular weight is 507 g/mol. The smallest absolute Gasteiger partial charge is 0.255 e. The van der Waals surface area contributed by atoms with Gasteiger partial charge in [-0.15, -0.1) is 0 Å². The number of nitrogen functional groups attached to an aromatic ring is 1. The SMILES string of the molecule is CCc1ncnc(-c2ccc(C(=O)N3CCC(N4CCOCC4)CC3)c(Cl)c2)c1-c1ccc(N)nc1. The maximum Gasteiger partial charge on any atom is 0.255 e. The Morgan fingerprint density at radius 2 is 1.81 bits per heavy atom. The van der Waals surface area contributed by atoms with Crippen molar-refractivity contribution >= 4 is 23.3 Å². The molecule has 3 aromatic rings. The Hall–Kier alpha value is -3.07. The van der Waals surface area contributed by atoms with Crippen molar-refractivity contribution in [1.82, 2.24) is 24.8 Å². The average Bonchev–Trinajstić information content (AvgIpc) is 2.93. The zero-order valence-electron chi connectivity index (χ0n) is 20.5. The van der Waals surface area contributed by atoms with E-state index in [1.54, 1.807) is 18.6 Å². The summed E-state index contributed by atoms with van der Waals surface area (Å²) in [5.41, 5.74) is 10.6. The van der Waals surface area contributed by atoms with Gasteiger partial charge in [0.2, 0.25) is 0 Å². The van der Waals surface area contributed by atoms with Crippen LogP contribution in [0.25, 0.3) is 22.4 Å². The number of rotatable bonds is 5. The third-order valence-corrected chi connectivity index (χ3v) is 7.44. The molecule has 2 N–H and O–H groups in total. The van der Waals surface area contributed by atoms with E-state index in [9.17, 15) is 4.79 Å². The third kappa shape index (κ3) is 5.07. The highest BCUT2D eigenvalue weighted by molar-refractivity contribution is 6.34. The second-order valence-electron chi connectivity index (χ2n) is 9.24. The Balaban J connectivity index is 1.36. The van der Waals surface area contributed by atoms with Crippen molar-refractivity contribution in [1.29, 1.82) is 0 Å². The van der Waals surface area contributed by atoms with Gasteiger partial charge < -0.3 is 15.4 Å². The minimum absolute atomic E-state index is 0.0214. The number of morpholine rings is 1. The lowest BCUT2D eigenvalue weighted by Crippen LogP contribution is -2.50. The Labute approximate surface area is 216 Å². The number of nitrogens with zero attached hydrogens (tertiary/aromatic N) is 5. The second kappa shape index (κ2) is 10.9. The minimum Gasteiger partial charge on any atom is -0.384 e. The van der Waals surface area contributed by atoms with E-state index in [1.165, 1.54) is 0 Å². The number of aryl methyl sites for hydroxylation is 1. The van der Waals surface area contributed by atoms with E-state index in [2.05, 4.69) is 26.8 Å². The van der Waals surface area contributed by atoms with Gasteiger partial charge in [0.05, 0.1) is 35.2 Å². The van der Waals surface area contributed by atoms with Gasteiger partial charge in [-0.25, -0.2) is 15.0 Å². The van der Waals surface area contributed by atoms with Gasteiger partial charge in [-0.05, 0) is 43.5 Å². The van der Waals surface area contributed by atoms with Gasteiger partial charge in [0.1, 0.15) is 12.1 Å². The van der Waals surface area contributed by atoms with Crippen molar-refractivity contribution in [3.8, 4) is 22.4 Å². The fourth-order valence-corrected chi connectivity index (χ4v) is 5.41. The highest BCUT2D eigenvalue weighted by atomic mass is 35.5. The van der Waals surface area contributed by atoms with E-state index in [-0.39, 0.29) is 5.91 Å². The zero-order chi connectivity index (χ0) is 25.1. The Kier molecular flexibility index (Phi) is 7.46. The number of halogens is 1. The predicted octanol–water partition coefficient (Wildman–Crippen LogP) is 3.94. The van der Waals surface area contributed by atoms with Crippen LogP contribution in [0.5, 0.6) is 0 Å². The summed E-state index contributed by atoms with van der Waals surface area (Å²) in [5.74, 6) is 0.432. The molecule has 1 aromatic carbocycles. The highest BCUT2D eigenvalue weighted by Gasteiger charge is 2.29. The topological polar surface area (TPSA) is 97.5 Å². The van der Waals surface area contributed by atoms with Gasteiger partial charge in [-0.1, -0.05) is 24.6 Å². The van der Waals surface area contributed by atoms with Crippen LogP contribution >= 0.6 is 11.6 Å². The monoisotopic (exact) mass is 506 g/mol. The summed E-state index contributed by atoms with van der Waals surface area (Å²) >= 11 is 6.69. The normalized spacial score (nSPS) is 17.3. The third-order valence-electron chi connectivity index (χ3n) is 7.12. The molecule has 8 nitrogen and oxygen atoms in total. The predicted molar refractivity (Wildman–Crippen MR) is 141 cm³/mol. The number of amides is 1. The molecule has 4 heterocycles. The van der Waals surface area contributed by atoms with Gasteiger partial charge in [0.15, 0.2) is 0 Å². The van der Waals surface area contributed by atoms with Crippen molar-refractivity contribution in [3.05, 3.63) is 59.1 Å². The number of hydrogen-bond acceptors (Lipinski definition) is 7. The number of likely N-dealkylation sites (tertiary alicyclic amines) is 1. The number of pyridine rings is 1. The van der Waals surface area contributed by atoms with Crippen molar-refractivity contribution in [2.24, 2.45) is 0 Å². The summed E-state index contributed by atoms with van der Waals surface area (Å²) in [6.45, 7) is 7.06. The molecule has 2 aliphatic heterocycles. The number of nitrogens with two attached hydrogens (primary N) is 1. The van der Waals surface area contributed by atoms with Gasteiger partial charge in [-0.2, -0.15) is 0 Å². The Morgan fingerprint density at radius 3 is 2.47 bits per heavy atom. The quantitative estimate of drug-likeness (QED) is 0.559.